The number of rotatable bonds is 22. The van der Waals surface area contributed by atoms with Gasteiger partial charge in [-0.2, -0.15) is 20.7 Å². The van der Waals surface area contributed by atoms with E-state index in [2.05, 4.69) is 30.8 Å². The van der Waals surface area contributed by atoms with Crippen molar-refractivity contribution in [3.05, 3.63) is 236 Å². The average molecular weight is 1340 g/mol. The molecule has 3 N–H and O–H groups in total. The predicted octanol–water partition coefficient (Wildman–Crippen LogP) is 11.6. The average Bonchev–Trinajstić information content (AvgIpc) is 1.21. The van der Waals surface area contributed by atoms with E-state index in [9.17, 15) is 37.6 Å². The molecule has 0 aliphatic carbocycles. The standard InChI is InChI=1S/C31H24F2N5O9PS.C31H23F2N5O6S/c1-19(28-37-27(14-49-28)21-7-5-20(13-34)6-8-21)31(15-38-17-35-16-36-38,25-10-9-23(32)12-26(25)33)46-30(40)45-18-44-29(39)22-3-2-4-24(11-22)47-48(41,42)43;1-19(28-37-27(14-45-28)21-7-5-20(13-34)6-8-21)31(15-38-17-35-16-36-38,25-10-9-23(32)12-26(25)33)44-30(41)43-18-42-29(40)22-3-2-4-24(39)11-22/h2-12,14,16-17,19H,15,18H2,1H3,(H2,41,42,43);2-12,14,16-17,19,39H,15,18H2,1H3/t2*19-,31+/m00/s1. The van der Waals surface area contributed by atoms with E-state index in [4.69, 9.17) is 58.7 Å². The molecular weight excluding hydrogens is 1300 g/mol. The zero-order chi connectivity index (χ0) is 67.2. The van der Waals surface area contributed by atoms with Crippen molar-refractivity contribution in [2.45, 2.75) is 50.0 Å². The number of phosphoric acid groups is 1. The van der Waals surface area contributed by atoms with Crippen molar-refractivity contribution >= 4 is 54.7 Å². The van der Waals surface area contributed by atoms with Gasteiger partial charge in [0.15, 0.2) is 11.2 Å². The molecule has 32 heteroatoms. The third kappa shape index (κ3) is 16.6. The number of hydrogen-bond donors (Lipinski definition) is 3. The molecule has 25 nitrogen and oxygen atoms in total. The highest BCUT2D eigenvalue weighted by molar-refractivity contribution is 7.46. The van der Waals surface area contributed by atoms with E-state index in [1.165, 1.54) is 99.8 Å². The number of nitriles is 2. The second kappa shape index (κ2) is 29.8. The second-order valence-corrected chi connectivity index (χ2v) is 22.9. The van der Waals surface area contributed by atoms with Gasteiger partial charge in [-0.3, -0.25) is 9.79 Å². The Balaban J connectivity index is 0.000000222. The minimum absolute atomic E-state index is 0.0105. The molecular formula is C62H47F4N10O15PS2. The number of carbonyl (C=O) groups is 4. The predicted molar refractivity (Wildman–Crippen MR) is 320 cm³/mol. The molecule has 0 unspecified atom stereocenters. The van der Waals surface area contributed by atoms with Gasteiger partial charge < -0.3 is 38.1 Å². The lowest BCUT2D eigenvalue weighted by molar-refractivity contribution is -0.0894. The number of aromatic hydroxyl groups is 1. The monoisotopic (exact) mass is 1340 g/mol. The molecule has 0 fully saturated rings. The van der Waals surface area contributed by atoms with Crippen molar-refractivity contribution in [3.8, 4) is 46.2 Å². The first-order valence-electron chi connectivity index (χ1n) is 27.2. The molecule has 10 rings (SSSR count). The summed E-state index contributed by atoms with van der Waals surface area (Å²) in [5.74, 6) is -8.04. The number of hydrogen-bond acceptors (Lipinski definition) is 23. The first kappa shape index (κ1) is 67.2. The maximum absolute atomic E-state index is 15.6. The van der Waals surface area contributed by atoms with Gasteiger partial charge in [0.2, 0.25) is 13.6 Å². The van der Waals surface area contributed by atoms with E-state index in [-0.39, 0.29) is 46.8 Å². The highest BCUT2D eigenvalue weighted by atomic mass is 32.1. The molecule has 0 saturated carbocycles. The number of thiazole rings is 2. The van der Waals surface area contributed by atoms with Crippen molar-refractivity contribution in [2.24, 2.45) is 0 Å². The van der Waals surface area contributed by atoms with E-state index in [0.717, 1.165) is 30.3 Å². The van der Waals surface area contributed by atoms with Gasteiger partial charge in [0.1, 0.15) is 70.1 Å². The van der Waals surface area contributed by atoms with E-state index in [1.54, 1.807) is 73.1 Å². The smallest absolute Gasteiger partial charge is 0.508 e. The highest BCUT2D eigenvalue weighted by Crippen LogP contribution is 2.47. The van der Waals surface area contributed by atoms with Crippen LogP contribution in [0.3, 0.4) is 0 Å². The summed E-state index contributed by atoms with van der Waals surface area (Å²) in [6, 6.07) is 33.2. The van der Waals surface area contributed by atoms with E-state index >= 15 is 8.78 Å². The SMILES string of the molecule is C[C@@H](c1nc(-c2ccc(C#N)cc2)cs1)[C@@](Cn1cncn1)(OC(=O)OCOC(=O)c1cccc(O)c1)c1ccc(F)cc1F.C[C@@H](c1nc(-c2ccc(C#N)cc2)cs1)[C@@](Cn1cncn1)(OC(=O)OCOC(=O)c1cccc(OP(=O)(O)O)c1)c1ccc(F)cc1F. The fraction of sp³-hybridized carbons (Fsp3) is 0.161. The Labute approximate surface area is 537 Å². The van der Waals surface area contributed by atoms with E-state index in [0.29, 0.717) is 55.8 Å². The van der Waals surface area contributed by atoms with Gasteiger partial charge in [-0.05, 0) is 84.9 Å². The molecule has 0 aliphatic heterocycles. The number of phenols is 1. The Morgan fingerprint density at radius 2 is 1.03 bits per heavy atom. The fourth-order valence-electron chi connectivity index (χ4n) is 9.34. The van der Waals surface area contributed by atoms with Gasteiger partial charge in [-0.1, -0.05) is 50.2 Å². The zero-order valence-electron chi connectivity index (χ0n) is 48.6. The maximum atomic E-state index is 15.6. The molecule has 6 aromatic carbocycles. The van der Waals surface area contributed by atoms with Gasteiger partial charge in [0.25, 0.3) is 0 Å². The van der Waals surface area contributed by atoms with Crippen molar-refractivity contribution in [3.63, 3.8) is 0 Å². The van der Waals surface area contributed by atoms with Crippen LogP contribution >= 0.6 is 30.5 Å². The molecule has 0 saturated heterocycles. The molecule has 0 radical (unpaired) electrons. The van der Waals surface area contributed by atoms with Crippen LogP contribution in [0.1, 0.15) is 78.7 Å². The Bertz CT molecular complexity index is 4470. The summed E-state index contributed by atoms with van der Waals surface area (Å²) in [5.41, 5.74) is -1.15. The lowest BCUT2D eigenvalue weighted by Gasteiger charge is -2.37. The summed E-state index contributed by atoms with van der Waals surface area (Å²) in [5, 5.41) is 40.3. The molecule has 4 heterocycles. The Kier molecular flexibility index (Phi) is 21.3. The largest absolute Gasteiger partial charge is 0.524 e. The Morgan fingerprint density at radius 1 is 0.596 bits per heavy atom. The minimum Gasteiger partial charge on any atom is -0.508 e. The van der Waals surface area contributed by atoms with Crippen molar-refractivity contribution in [1.29, 1.82) is 10.5 Å². The first-order valence-corrected chi connectivity index (χ1v) is 30.5. The van der Waals surface area contributed by atoms with E-state index in [1.807, 2.05) is 6.07 Å². The van der Waals surface area contributed by atoms with Crippen molar-refractivity contribution < 1.29 is 89.1 Å². The van der Waals surface area contributed by atoms with Crippen LogP contribution in [-0.4, -0.2) is 92.2 Å². The third-order valence-electron chi connectivity index (χ3n) is 13.9. The summed E-state index contributed by atoms with van der Waals surface area (Å²) < 4.78 is 109. The summed E-state index contributed by atoms with van der Waals surface area (Å²) in [7, 11) is -4.90. The summed E-state index contributed by atoms with van der Waals surface area (Å²) in [6.45, 7) is 0.774. The lowest BCUT2D eigenvalue weighted by atomic mass is 9.81. The van der Waals surface area contributed by atoms with E-state index < -0.39 is 92.0 Å². The second-order valence-electron chi connectivity index (χ2n) is 19.9. The van der Waals surface area contributed by atoms with Crippen LogP contribution in [0.4, 0.5) is 27.2 Å². The summed E-state index contributed by atoms with van der Waals surface area (Å²) in [4.78, 5) is 86.6. The number of carbonyl (C=O) groups excluding carboxylic acids is 4. The van der Waals surface area contributed by atoms with Crippen LogP contribution in [0, 0.1) is 45.9 Å². The number of benzene rings is 6. The Hall–Kier alpha value is -11.2. The van der Waals surface area contributed by atoms with Crippen LogP contribution in [0.2, 0.25) is 0 Å². The number of halogens is 4. The maximum Gasteiger partial charge on any atom is 0.524 e. The number of phosphoric ester groups is 1. The molecule has 0 aliphatic rings. The van der Waals surface area contributed by atoms with Crippen LogP contribution in [0.25, 0.3) is 22.5 Å². The van der Waals surface area contributed by atoms with Gasteiger partial charge in [0.05, 0.1) is 70.7 Å². The number of nitrogens with zero attached hydrogens (tertiary/aromatic N) is 10. The molecule has 10 aromatic rings. The molecule has 4 atom stereocenters. The first-order chi connectivity index (χ1) is 45.0. The summed E-state index contributed by atoms with van der Waals surface area (Å²) in [6.07, 6.45) is 2.33. The summed E-state index contributed by atoms with van der Waals surface area (Å²) >= 11 is 2.39. The minimum atomic E-state index is -4.90. The van der Waals surface area contributed by atoms with Crippen molar-refractivity contribution in [2.75, 3.05) is 13.6 Å². The number of ether oxygens (including phenoxy) is 6. The zero-order valence-corrected chi connectivity index (χ0v) is 51.2. The Morgan fingerprint density at radius 3 is 1.43 bits per heavy atom. The molecule has 0 bridgehead atoms. The lowest BCUT2D eigenvalue weighted by Crippen LogP contribution is -2.43. The van der Waals surface area contributed by atoms with Gasteiger partial charge in [-0.15, -0.1) is 22.7 Å². The normalized spacial score (nSPS) is 13.0. The quantitative estimate of drug-likeness (QED) is 0.0186. The topological polar surface area (TPSA) is 345 Å². The van der Waals surface area contributed by atoms with Crippen LogP contribution < -0.4 is 4.52 Å². The van der Waals surface area contributed by atoms with Crippen LogP contribution in [0.15, 0.2) is 170 Å². The molecule has 4 aromatic heterocycles. The van der Waals surface area contributed by atoms with Crippen molar-refractivity contribution in [1.82, 2.24) is 39.5 Å². The number of aromatic nitrogens is 8. The molecule has 480 valence electrons. The van der Waals surface area contributed by atoms with Gasteiger partial charge >= 0.3 is 32.1 Å². The number of esters is 2. The van der Waals surface area contributed by atoms with Crippen LogP contribution in [0.5, 0.6) is 11.5 Å². The van der Waals surface area contributed by atoms with Crippen LogP contribution in [-0.2, 0) is 57.3 Å². The molecule has 94 heavy (non-hydrogen) atoms. The fourth-order valence-corrected chi connectivity index (χ4v) is 11.7. The number of phenolic OH excluding ortho intramolecular Hbond substituents is 1. The van der Waals surface area contributed by atoms with Gasteiger partial charge in [0, 0.05) is 45.1 Å². The third-order valence-corrected chi connectivity index (χ3v) is 16.4. The molecule has 0 amide bonds. The van der Waals surface area contributed by atoms with Gasteiger partial charge in [-0.25, -0.2) is 70.6 Å². The molecule has 0 spiro atoms. The highest BCUT2D eigenvalue weighted by Gasteiger charge is 2.49.